The smallest absolute Gasteiger partial charge is 0.230 e. The average Bonchev–Trinajstić information content (AvgIpc) is 2.62. The van der Waals surface area contributed by atoms with Gasteiger partial charge < -0.3 is 5.32 Å². The Morgan fingerprint density at radius 3 is 2.56 bits per heavy atom. The van der Waals surface area contributed by atoms with Gasteiger partial charge in [-0.05, 0) is 44.0 Å². The van der Waals surface area contributed by atoms with Crippen LogP contribution in [0.4, 0.5) is 0 Å². The van der Waals surface area contributed by atoms with Crippen LogP contribution < -0.4 is 5.32 Å². The number of amides is 1. The van der Waals surface area contributed by atoms with Crippen molar-refractivity contribution in [2.45, 2.75) is 30.7 Å². The van der Waals surface area contributed by atoms with Crippen molar-refractivity contribution in [3.8, 4) is 6.07 Å². The van der Waals surface area contributed by atoms with Gasteiger partial charge in [0.1, 0.15) is 11.1 Å². The first-order valence-electron chi connectivity index (χ1n) is 7.98. The molecule has 0 aliphatic rings. The normalized spacial score (nSPS) is 10.3. The topological polar surface area (TPSA) is 65.8 Å². The third-order valence-corrected chi connectivity index (χ3v) is 5.84. The summed E-state index contributed by atoms with van der Waals surface area (Å²) in [7, 11) is 0. The molecule has 25 heavy (non-hydrogen) atoms. The molecule has 0 radical (unpaired) electrons. The number of hydrogen-bond donors (Lipinski definition) is 1. The van der Waals surface area contributed by atoms with E-state index in [0.29, 0.717) is 17.1 Å². The molecule has 0 atom stereocenters. The number of benzene rings is 1. The molecule has 0 bridgehead atoms. The van der Waals surface area contributed by atoms with E-state index in [0.717, 1.165) is 22.6 Å². The molecule has 0 unspecified atom stereocenters. The number of aromatic nitrogens is 1. The van der Waals surface area contributed by atoms with Gasteiger partial charge in [0, 0.05) is 22.9 Å². The highest BCUT2D eigenvalue weighted by molar-refractivity contribution is 8.00. The van der Waals surface area contributed by atoms with Crippen molar-refractivity contribution in [2.24, 2.45) is 0 Å². The predicted octanol–water partition coefficient (Wildman–Crippen LogP) is 3.88. The Kier molecular flexibility index (Phi) is 7.35. The number of pyridine rings is 1. The molecule has 1 heterocycles. The number of thioether (sulfide) groups is 2. The van der Waals surface area contributed by atoms with Crippen molar-refractivity contribution >= 4 is 29.4 Å². The van der Waals surface area contributed by atoms with Gasteiger partial charge in [-0.25, -0.2) is 4.98 Å². The summed E-state index contributed by atoms with van der Waals surface area (Å²) < 4.78 is 0. The van der Waals surface area contributed by atoms with Crippen LogP contribution in [-0.4, -0.2) is 28.9 Å². The van der Waals surface area contributed by atoms with Crippen LogP contribution in [-0.2, 0) is 4.79 Å². The van der Waals surface area contributed by atoms with E-state index >= 15 is 0 Å². The summed E-state index contributed by atoms with van der Waals surface area (Å²) in [5.74, 6) is 1.05. The molecule has 0 aliphatic carbocycles. The fraction of sp³-hybridized carbons (Fsp3) is 0.316. The third kappa shape index (κ3) is 5.52. The lowest BCUT2D eigenvalue weighted by molar-refractivity contribution is -0.118. The molecule has 4 nitrogen and oxygen atoms in total. The van der Waals surface area contributed by atoms with Gasteiger partial charge in [0.05, 0.1) is 11.3 Å². The molecule has 1 aromatic heterocycles. The monoisotopic (exact) mass is 371 g/mol. The highest BCUT2D eigenvalue weighted by Crippen LogP contribution is 2.26. The van der Waals surface area contributed by atoms with Gasteiger partial charge in [-0.3, -0.25) is 4.79 Å². The second kappa shape index (κ2) is 9.50. The van der Waals surface area contributed by atoms with E-state index in [-0.39, 0.29) is 11.7 Å². The standard InChI is InChI=1S/C19H21N3OS2/c1-13-14(2)17(11-20)19(22-15(13)3)25-12-18(23)21-9-10-24-16-7-5-4-6-8-16/h4-8H,9-10,12H2,1-3H3,(H,21,23). The number of nitriles is 1. The minimum atomic E-state index is -0.0415. The summed E-state index contributed by atoms with van der Waals surface area (Å²) in [6.07, 6.45) is 0. The Bertz CT molecular complexity index is 785. The third-order valence-electron chi connectivity index (χ3n) is 3.85. The maximum atomic E-state index is 12.0. The van der Waals surface area contributed by atoms with Crippen LogP contribution >= 0.6 is 23.5 Å². The molecule has 6 heteroatoms. The molecule has 1 aromatic carbocycles. The van der Waals surface area contributed by atoms with Crippen LogP contribution in [0.3, 0.4) is 0 Å². The Hall–Kier alpha value is -1.97. The Balaban J connectivity index is 1.81. The molecule has 0 spiro atoms. The van der Waals surface area contributed by atoms with Crippen LogP contribution in [0.15, 0.2) is 40.3 Å². The van der Waals surface area contributed by atoms with Crippen molar-refractivity contribution in [2.75, 3.05) is 18.1 Å². The molecule has 1 N–H and O–H groups in total. The summed E-state index contributed by atoms with van der Waals surface area (Å²) in [5.41, 5.74) is 3.44. The van der Waals surface area contributed by atoms with Crippen LogP contribution in [0.2, 0.25) is 0 Å². The summed E-state index contributed by atoms with van der Waals surface area (Å²) in [5, 5.41) is 12.9. The fourth-order valence-electron chi connectivity index (χ4n) is 2.21. The highest BCUT2D eigenvalue weighted by atomic mass is 32.2. The summed E-state index contributed by atoms with van der Waals surface area (Å²) >= 11 is 3.03. The van der Waals surface area contributed by atoms with E-state index in [1.54, 1.807) is 11.8 Å². The SMILES string of the molecule is Cc1nc(SCC(=O)NCCSc2ccccc2)c(C#N)c(C)c1C. The van der Waals surface area contributed by atoms with Gasteiger partial charge in [0.15, 0.2) is 0 Å². The molecule has 0 saturated carbocycles. The lowest BCUT2D eigenvalue weighted by Gasteiger charge is -2.11. The van der Waals surface area contributed by atoms with Crippen molar-refractivity contribution < 1.29 is 4.79 Å². The minimum absolute atomic E-state index is 0.0415. The van der Waals surface area contributed by atoms with E-state index in [4.69, 9.17) is 0 Å². The van der Waals surface area contributed by atoms with Gasteiger partial charge in [-0.1, -0.05) is 30.0 Å². The molecule has 0 aliphatic heterocycles. The molecule has 0 saturated heterocycles. The van der Waals surface area contributed by atoms with E-state index in [2.05, 4.69) is 28.5 Å². The molecule has 2 aromatic rings. The molecule has 2 rings (SSSR count). The molecule has 130 valence electrons. The quantitative estimate of drug-likeness (QED) is 0.591. The second-order valence-electron chi connectivity index (χ2n) is 5.54. The predicted molar refractivity (Wildman–Crippen MR) is 104 cm³/mol. The molecular weight excluding hydrogens is 350 g/mol. The molecular formula is C19H21N3OS2. The van der Waals surface area contributed by atoms with Gasteiger partial charge in [0.2, 0.25) is 5.91 Å². The first-order chi connectivity index (χ1) is 12.0. The Morgan fingerprint density at radius 1 is 1.16 bits per heavy atom. The van der Waals surface area contributed by atoms with Crippen molar-refractivity contribution in [1.29, 1.82) is 5.26 Å². The zero-order chi connectivity index (χ0) is 18.2. The molecule has 1 amide bonds. The Labute approximate surface area is 157 Å². The van der Waals surface area contributed by atoms with Crippen LogP contribution in [0.25, 0.3) is 0 Å². The maximum absolute atomic E-state index is 12.0. The van der Waals surface area contributed by atoms with E-state index in [1.165, 1.54) is 16.7 Å². The zero-order valence-electron chi connectivity index (χ0n) is 14.6. The number of carbonyl (C=O) groups excluding carboxylic acids is 1. The first-order valence-corrected chi connectivity index (χ1v) is 9.95. The number of aryl methyl sites for hydroxylation is 1. The molecule has 0 fully saturated rings. The van der Waals surface area contributed by atoms with Crippen molar-refractivity contribution in [1.82, 2.24) is 10.3 Å². The summed E-state index contributed by atoms with van der Waals surface area (Å²) in [6.45, 7) is 6.43. The van der Waals surface area contributed by atoms with Gasteiger partial charge in [-0.2, -0.15) is 5.26 Å². The largest absolute Gasteiger partial charge is 0.355 e. The van der Waals surface area contributed by atoms with Gasteiger partial charge in [0.25, 0.3) is 0 Å². The van der Waals surface area contributed by atoms with Crippen molar-refractivity contribution in [3.05, 3.63) is 52.7 Å². The first kappa shape index (κ1) is 19.4. The lowest BCUT2D eigenvalue weighted by atomic mass is 10.1. The average molecular weight is 372 g/mol. The number of hydrogen-bond acceptors (Lipinski definition) is 5. The number of nitrogens with zero attached hydrogens (tertiary/aromatic N) is 2. The number of carbonyl (C=O) groups is 1. The fourth-order valence-corrected chi connectivity index (χ4v) is 3.91. The Morgan fingerprint density at radius 2 is 1.88 bits per heavy atom. The van der Waals surface area contributed by atoms with Crippen LogP contribution in [0.5, 0.6) is 0 Å². The van der Waals surface area contributed by atoms with Crippen molar-refractivity contribution in [3.63, 3.8) is 0 Å². The van der Waals surface area contributed by atoms with Crippen LogP contribution in [0.1, 0.15) is 22.4 Å². The van der Waals surface area contributed by atoms with Crippen LogP contribution in [0, 0.1) is 32.1 Å². The maximum Gasteiger partial charge on any atom is 0.230 e. The second-order valence-corrected chi connectivity index (χ2v) is 7.67. The zero-order valence-corrected chi connectivity index (χ0v) is 16.3. The highest BCUT2D eigenvalue weighted by Gasteiger charge is 2.14. The minimum Gasteiger partial charge on any atom is -0.355 e. The van der Waals surface area contributed by atoms with E-state index in [9.17, 15) is 10.1 Å². The van der Waals surface area contributed by atoms with E-state index < -0.39 is 0 Å². The number of rotatable bonds is 7. The van der Waals surface area contributed by atoms with E-state index in [1.807, 2.05) is 39.0 Å². The summed E-state index contributed by atoms with van der Waals surface area (Å²) in [6, 6.07) is 12.3. The van der Waals surface area contributed by atoms with Gasteiger partial charge >= 0.3 is 0 Å². The summed E-state index contributed by atoms with van der Waals surface area (Å²) in [4.78, 5) is 17.7. The van der Waals surface area contributed by atoms with Gasteiger partial charge in [-0.15, -0.1) is 11.8 Å². The number of nitrogens with one attached hydrogen (secondary N) is 1. The lowest BCUT2D eigenvalue weighted by Crippen LogP contribution is -2.27.